The van der Waals surface area contributed by atoms with Crippen molar-refractivity contribution in [3.63, 3.8) is 0 Å². The number of carbonyl (C=O) groups is 2. The van der Waals surface area contributed by atoms with Crippen LogP contribution in [0.1, 0.15) is 132 Å². The second-order valence-corrected chi connectivity index (χ2v) is 19.4. The van der Waals surface area contributed by atoms with Crippen molar-refractivity contribution in [3.8, 4) is 0 Å². The van der Waals surface area contributed by atoms with Gasteiger partial charge in [-0.15, -0.1) is 0 Å². The molecule has 2 heterocycles. The van der Waals surface area contributed by atoms with E-state index >= 15 is 0 Å². The van der Waals surface area contributed by atoms with Gasteiger partial charge in [0.2, 0.25) is 0 Å². The van der Waals surface area contributed by atoms with Gasteiger partial charge in [0.1, 0.15) is 0 Å². The number of nitrogens with one attached hydrogen (secondary N) is 2. The standard InChI is InChI=1S/C38H74N4O4S2/c1-35(2)27-31(28-36(3,4)39-35)41(21-15-23-47-25-17-33(43)45-9)19-13-11-12-14-20-42(22-16-24-48-26-18-34(44)46-10)32-29-37(5,6)40-38(7,8)30-32/h31-32,39-40H,11-30H2,1-10H3. The van der Waals surface area contributed by atoms with Gasteiger partial charge in [-0.1, -0.05) is 12.8 Å². The van der Waals surface area contributed by atoms with Crippen LogP contribution in [0.25, 0.3) is 0 Å². The minimum absolute atomic E-state index is 0.110. The Labute approximate surface area is 304 Å². The molecule has 282 valence electrons. The van der Waals surface area contributed by atoms with E-state index in [1.807, 2.05) is 23.5 Å². The first-order valence-corrected chi connectivity index (χ1v) is 21.1. The number of methoxy groups -OCH3 is 2. The molecular formula is C38H74N4O4S2. The summed E-state index contributed by atoms with van der Waals surface area (Å²) in [5, 5.41) is 7.75. The number of thioether (sulfide) groups is 2. The lowest BCUT2D eigenvalue weighted by molar-refractivity contribution is -0.141. The Morgan fingerprint density at radius 2 is 0.854 bits per heavy atom. The van der Waals surface area contributed by atoms with Crippen molar-refractivity contribution >= 4 is 35.5 Å². The Morgan fingerprint density at radius 3 is 1.17 bits per heavy atom. The second-order valence-electron chi connectivity index (χ2n) is 17.0. The minimum Gasteiger partial charge on any atom is -0.469 e. The number of rotatable bonds is 23. The van der Waals surface area contributed by atoms with Crippen LogP contribution < -0.4 is 10.6 Å². The monoisotopic (exact) mass is 715 g/mol. The smallest absolute Gasteiger partial charge is 0.306 e. The lowest BCUT2D eigenvalue weighted by atomic mass is 9.79. The maximum atomic E-state index is 11.5. The van der Waals surface area contributed by atoms with Crippen LogP contribution in [-0.2, 0) is 19.1 Å². The molecular weight excluding hydrogens is 641 g/mol. The molecule has 0 spiro atoms. The van der Waals surface area contributed by atoms with E-state index in [0.717, 1.165) is 48.9 Å². The molecule has 0 atom stereocenters. The SMILES string of the molecule is COC(=O)CCSCCCN(CCCCCCN(CCCSCCC(=O)OC)C1CC(C)(C)NC(C)(C)C1)C1CC(C)(C)NC(C)(C)C1. The number of ether oxygens (including phenoxy) is 2. The zero-order valence-electron chi connectivity index (χ0n) is 32.6. The van der Waals surface area contributed by atoms with Gasteiger partial charge in [0.15, 0.2) is 0 Å². The Kier molecular flexibility index (Phi) is 19.2. The third kappa shape index (κ3) is 18.1. The molecule has 0 bridgehead atoms. The molecule has 2 aliphatic rings. The van der Waals surface area contributed by atoms with Gasteiger partial charge < -0.3 is 29.9 Å². The molecule has 0 aromatic rings. The Morgan fingerprint density at radius 1 is 0.542 bits per heavy atom. The van der Waals surface area contributed by atoms with Crippen molar-refractivity contribution < 1.29 is 19.1 Å². The van der Waals surface area contributed by atoms with Crippen molar-refractivity contribution in [2.75, 3.05) is 63.4 Å². The van der Waals surface area contributed by atoms with Crippen LogP contribution in [0.5, 0.6) is 0 Å². The molecule has 2 fully saturated rings. The van der Waals surface area contributed by atoms with Gasteiger partial charge in [0, 0.05) is 45.7 Å². The zero-order valence-corrected chi connectivity index (χ0v) is 34.3. The van der Waals surface area contributed by atoms with Crippen LogP contribution in [0.2, 0.25) is 0 Å². The summed E-state index contributed by atoms with van der Waals surface area (Å²) in [6.45, 7) is 23.5. The number of carbonyl (C=O) groups excluding carboxylic acids is 2. The molecule has 2 saturated heterocycles. The predicted molar refractivity (Wildman–Crippen MR) is 207 cm³/mol. The Bertz CT molecular complexity index is 840. The van der Waals surface area contributed by atoms with E-state index in [0.29, 0.717) is 24.9 Å². The van der Waals surface area contributed by atoms with Crippen LogP contribution in [-0.4, -0.2) is 119 Å². The molecule has 0 aliphatic carbocycles. The third-order valence-corrected chi connectivity index (χ3v) is 12.0. The van der Waals surface area contributed by atoms with E-state index in [1.54, 1.807) is 0 Å². The van der Waals surface area contributed by atoms with Gasteiger partial charge in [0.05, 0.1) is 27.1 Å². The van der Waals surface area contributed by atoms with Crippen molar-refractivity contribution in [2.45, 2.75) is 167 Å². The maximum absolute atomic E-state index is 11.5. The highest BCUT2D eigenvalue weighted by Crippen LogP contribution is 2.33. The summed E-state index contributed by atoms with van der Waals surface area (Å²) >= 11 is 3.75. The van der Waals surface area contributed by atoms with E-state index in [9.17, 15) is 9.59 Å². The summed E-state index contributed by atoms with van der Waals surface area (Å²) in [5.41, 5.74) is 0.560. The number of unbranched alkanes of at least 4 members (excludes halogenated alkanes) is 3. The van der Waals surface area contributed by atoms with Crippen molar-refractivity contribution in [2.24, 2.45) is 0 Å². The average Bonchev–Trinajstić information content (AvgIpc) is 2.96. The molecule has 0 aromatic carbocycles. The number of hydrogen-bond acceptors (Lipinski definition) is 10. The van der Waals surface area contributed by atoms with Crippen molar-refractivity contribution in [1.82, 2.24) is 20.4 Å². The summed E-state index contributed by atoms with van der Waals surface area (Å²) in [6, 6.07) is 1.20. The first-order valence-electron chi connectivity index (χ1n) is 18.8. The molecule has 0 saturated carbocycles. The van der Waals surface area contributed by atoms with Gasteiger partial charge >= 0.3 is 11.9 Å². The van der Waals surface area contributed by atoms with Crippen molar-refractivity contribution in [3.05, 3.63) is 0 Å². The number of esters is 2. The molecule has 10 heteroatoms. The van der Waals surface area contributed by atoms with Crippen LogP contribution in [0.15, 0.2) is 0 Å². The molecule has 0 aromatic heterocycles. The summed E-state index contributed by atoms with van der Waals surface area (Å²) < 4.78 is 9.60. The minimum atomic E-state index is -0.110. The number of nitrogens with zero attached hydrogens (tertiary/aromatic N) is 2. The zero-order chi connectivity index (χ0) is 35.8. The summed E-state index contributed by atoms with van der Waals surface area (Å²) in [5.74, 6) is 3.65. The molecule has 0 radical (unpaired) electrons. The van der Waals surface area contributed by atoms with E-state index in [1.165, 1.54) is 78.7 Å². The van der Waals surface area contributed by atoms with Crippen LogP contribution in [0.4, 0.5) is 0 Å². The first kappa shape index (κ1) is 43.6. The van der Waals surface area contributed by atoms with Gasteiger partial charge in [-0.3, -0.25) is 9.59 Å². The quantitative estimate of drug-likeness (QED) is 0.0842. The fraction of sp³-hybridized carbons (Fsp3) is 0.947. The summed E-state index contributed by atoms with van der Waals surface area (Å²) in [4.78, 5) is 28.6. The lowest BCUT2D eigenvalue weighted by Gasteiger charge is -2.50. The van der Waals surface area contributed by atoms with E-state index in [2.05, 4.69) is 75.8 Å². The topological polar surface area (TPSA) is 83.1 Å². The Hall–Kier alpha value is -0.520. The predicted octanol–water partition coefficient (Wildman–Crippen LogP) is 7.14. The number of hydrogen-bond donors (Lipinski definition) is 2. The van der Waals surface area contributed by atoms with Gasteiger partial charge in [0.25, 0.3) is 0 Å². The van der Waals surface area contributed by atoms with E-state index < -0.39 is 0 Å². The molecule has 48 heavy (non-hydrogen) atoms. The van der Waals surface area contributed by atoms with Gasteiger partial charge in [-0.05, 0) is 144 Å². The fourth-order valence-corrected chi connectivity index (χ4v) is 10.1. The molecule has 2 aliphatic heterocycles. The highest BCUT2D eigenvalue weighted by atomic mass is 32.2. The third-order valence-electron chi connectivity index (χ3n) is 9.84. The Balaban J connectivity index is 1.89. The van der Waals surface area contributed by atoms with E-state index in [4.69, 9.17) is 9.47 Å². The van der Waals surface area contributed by atoms with Gasteiger partial charge in [-0.2, -0.15) is 23.5 Å². The summed E-state index contributed by atoms with van der Waals surface area (Å²) in [6.07, 6.45) is 13.1. The summed E-state index contributed by atoms with van der Waals surface area (Å²) in [7, 11) is 2.94. The fourth-order valence-electron chi connectivity index (χ4n) is 8.45. The number of piperidine rings is 2. The van der Waals surface area contributed by atoms with Crippen LogP contribution in [0, 0.1) is 0 Å². The van der Waals surface area contributed by atoms with Crippen LogP contribution in [0.3, 0.4) is 0 Å². The first-order chi connectivity index (χ1) is 22.5. The largest absolute Gasteiger partial charge is 0.469 e. The molecule has 2 rings (SSSR count). The van der Waals surface area contributed by atoms with E-state index in [-0.39, 0.29) is 34.1 Å². The second kappa shape index (κ2) is 21.1. The van der Waals surface area contributed by atoms with Crippen LogP contribution >= 0.6 is 23.5 Å². The van der Waals surface area contributed by atoms with Crippen molar-refractivity contribution in [1.29, 1.82) is 0 Å². The lowest BCUT2D eigenvalue weighted by Crippen LogP contribution is -2.62. The molecule has 0 unspecified atom stereocenters. The molecule has 0 amide bonds. The normalized spacial score (nSPS) is 20.7. The average molecular weight is 715 g/mol. The highest BCUT2D eigenvalue weighted by Gasteiger charge is 2.41. The molecule has 8 nitrogen and oxygen atoms in total. The van der Waals surface area contributed by atoms with Gasteiger partial charge in [-0.25, -0.2) is 0 Å². The highest BCUT2D eigenvalue weighted by molar-refractivity contribution is 7.99. The maximum Gasteiger partial charge on any atom is 0.306 e. The molecule has 2 N–H and O–H groups in total.